The summed E-state index contributed by atoms with van der Waals surface area (Å²) in [5.41, 5.74) is 6.78. The molecule has 1 amide bonds. The Kier molecular flexibility index (Phi) is 5.93. The number of aromatic nitrogens is 1. The van der Waals surface area contributed by atoms with Crippen molar-refractivity contribution in [2.24, 2.45) is 5.73 Å². The Morgan fingerprint density at radius 3 is 2.33 bits per heavy atom. The first-order valence-electron chi connectivity index (χ1n) is 10.6. The SMILES string of the molecule is NC(=O)c1cccc2c1c1[c]cc(-c3c(Cl)cccc3Cl)cc1n2Cc1cc(C(F)(F)F)ccc1F. The van der Waals surface area contributed by atoms with Crippen molar-refractivity contribution in [3.8, 4) is 11.1 Å². The molecular weight excluding hydrogens is 515 g/mol. The normalized spacial score (nSPS) is 11.9. The van der Waals surface area contributed by atoms with E-state index in [4.69, 9.17) is 28.9 Å². The van der Waals surface area contributed by atoms with E-state index in [0.717, 1.165) is 12.1 Å². The predicted molar refractivity (Wildman–Crippen MR) is 133 cm³/mol. The van der Waals surface area contributed by atoms with Crippen LogP contribution in [0.2, 0.25) is 10.0 Å². The van der Waals surface area contributed by atoms with E-state index in [0.29, 0.717) is 49.0 Å². The molecule has 5 aromatic rings. The molecule has 181 valence electrons. The first-order valence-corrected chi connectivity index (χ1v) is 11.4. The van der Waals surface area contributed by atoms with Crippen LogP contribution >= 0.6 is 23.2 Å². The summed E-state index contributed by atoms with van der Waals surface area (Å²) in [7, 11) is 0. The van der Waals surface area contributed by atoms with Crippen LogP contribution in [0.15, 0.2) is 66.7 Å². The van der Waals surface area contributed by atoms with Gasteiger partial charge in [-0.2, -0.15) is 13.2 Å². The number of primary amides is 1. The van der Waals surface area contributed by atoms with Crippen LogP contribution in [0.4, 0.5) is 17.6 Å². The molecule has 1 heterocycles. The number of rotatable bonds is 4. The third-order valence-electron chi connectivity index (χ3n) is 6.01. The molecule has 0 saturated carbocycles. The fourth-order valence-electron chi connectivity index (χ4n) is 4.39. The van der Waals surface area contributed by atoms with Crippen molar-refractivity contribution in [1.29, 1.82) is 0 Å². The average molecular weight is 530 g/mol. The van der Waals surface area contributed by atoms with Gasteiger partial charge in [-0.3, -0.25) is 4.79 Å². The van der Waals surface area contributed by atoms with E-state index < -0.39 is 23.5 Å². The minimum Gasteiger partial charge on any atom is -0.366 e. The van der Waals surface area contributed by atoms with Gasteiger partial charge in [-0.25, -0.2) is 4.39 Å². The molecule has 0 saturated heterocycles. The zero-order valence-corrected chi connectivity index (χ0v) is 19.8. The van der Waals surface area contributed by atoms with E-state index in [-0.39, 0.29) is 17.7 Å². The number of carbonyl (C=O) groups excluding carboxylic acids is 1. The van der Waals surface area contributed by atoms with Gasteiger partial charge in [0.15, 0.2) is 0 Å². The summed E-state index contributed by atoms with van der Waals surface area (Å²) in [4.78, 5) is 12.2. The topological polar surface area (TPSA) is 48.0 Å². The number of nitrogens with two attached hydrogens (primary N) is 1. The molecule has 36 heavy (non-hydrogen) atoms. The van der Waals surface area contributed by atoms with Crippen LogP contribution in [-0.2, 0) is 12.7 Å². The molecule has 1 radical (unpaired) electrons. The van der Waals surface area contributed by atoms with Gasteiger partial charge in [0.05, 0.1) is 23.1 Å². The van der Waals surface area contributed by atoms with Crippen molar-refractivity contribution in [3.63, 3.8) is 0 Å². The third-order valence-corrected chi connectivity index (χ3v) is 6.64. The number of fused-ring (bicyclic) bond motifs is 3. The van der Waals surface area contributed by atoms with Crippen LogP contribution in [0.5, 0.6) is 0 Å². The summed E-state index contributed by atoms with van der Waals surface area (Å²) in [5, 5.41) is 1.74. The monoisotopic (exact) mass is 529 g/mol. The quantitative estimate of drug-likeness (QED) is 0.236. The van der Waals surface area contributed by atoms with Gasteiger partial charge < -0.3 is 10.3 Å². The minimum absolute atomic E-state index is 0.172. The second-order valence-corrected chi connectivity index (χ2v) is 9.01. The minimum atomic E-state index is -4.63. The van der Waals surface area contributed by atoms with Crippen molar-refractivity contribution in [3.05, 3.63) is 105 Å². The smallest absolute Gasteiger partial charge is 0.366 e. The average Bonchev–Trinajstić information content (AvgIpc) is 3.12. The van der Waals surface area contributed by atoms with Crippen LogP contribution in [-0.4, -0.2) is 10.5 Å². The number of benzene rings is 4. The van der Waals surface area contributed by atoms with Crippen LogP contribution < -0.4 is 5.73 Å². The molecule has 0 spiro atoms. The lowest BCUT2D eigenvalue weighted by atomic mass is 10.0. The molecule has 0 atom stereocenters. The summed E-state index contributed by atoms with van der Waals surface area (Å²) < 4.78 is 56.3. The van der Waals surface area contributed by atoms with Gasteiger partial charge >= 0.3 is 6.18 Å². The Balaban J connectivity index is 1.81. The van der Waals surface area contributed by atoms with Gasteiger partial charge in [-0.1, -0.05) is 35.3 Å². The van der Waals surface area contributed by atoms with Crippen LogP contribution in [0.25, 0.3) is 32.9 Å². The number of hydrogen-bond donors (Lipinski definition) is 1. The highest BCUT2D eigenvalue weighted by Crippen LogP contribution is 2.39. The molecule has 5 rings (SSSR count). The van der Waals surface area contributed by atoms with Crippen molar-refractivity contribution in [2.45, 2.75) is 12.7 Å². The summed E-state index contributed by atoms with van der Waals surface area (Å²) >= 11 is 12.8. The Labute approximate surface area is 212 Å². The number of halogens is 6. The molecule has 0 aliphatic rings. The van der Waals surface area contributed by atoms with Crippen molar-refractivity contribution >= 4 is 50.9 Å². The van der Waals surface area contributed by atoms with E-state index in [1.54, 1.807) is 53.1 Å². The van der Waals surface area contributed by atoms with Gasteiger partial charge in [-0.05, 0) is 66.2 Å². The molecule has 0 bridgehead atoms. The number of nitrogens with zero attached hydrogens (tertiary/aromatic N) is 1. The summed E-state index contributed by atoms with van der Waals surface area (Å²) in [6, 6.07) is 18.7. The van der Waals surface area contributed by atoms with Crippen molar-refractivity contribution in [2.75, 3.05) is 0 Å². The van der Waals surface area contributed by atoms with Gasteiger partial charge in [0.1, 0.15) is 5.82 Å². The Bertz CT molecular complexity index is 1650. The Morgan fingerprint density at radius 1 is 0.972 bits per heavy atom. The third kappa shape index (κ3) is 4.08. The molecule has 1 aromatic heterocycles. The maximum Gasteiger partial charge on any atom is 0.416 e. The number of amides is 1. The van der Waals surface area contributed by atoms with Crippen LogP contribution in [0.3, 0.4) is 0 Å². The lowest BCUT2D eigenvalue weighted by molar-refractivity contribution is -0.137. The second-order valence-electron chi connectivity index (χ2n) is 8.20. The summed E-state index contributed by atoms with van der Waals surface area (Å²) in [5.74, 6) is -1.48. The van der Waals surface area contributed by atoms with Crippen LogP contribution in [0.1, 0.15) is 21.5 Å². The summed E-state index contributed by atoms with van der Waals surface area (Å²) in [6.45, 7) is -0.245. The molecule has 2 N–H and O–H groups in total. The lowest BCUT2D eigenvalue weighted by Crippen LogP contribution is -2.11. The van der Waals surface area contributed by atoms with Crippen molar-refractivity contribution < 1.29 is 22.4 Å². The zero-order chi connectivity index (χ0) is 25.8. The molecule has 9 heteroatoms. The van der Waals surface area contributed by atoms with E-state index in [2.05, 4.69) is 6.07 Å². The van der Waals surface area contributed by atoms with E-state index in [1.807, 2.05) is 0 Å². The number of alkyl halides is 3. The van der Waals surface area contributed by atoms with E-state index >= 15 is 0 Å². The largest absolute Gasteiger partial charge is 0.416 e. The predicted octanol–water partition coefficient (Wildman–Crippen LogP) is 7.87. The lowest BCUT2D eigenvalue weighted by Gasteiger charge is -2.13. The first kappa shape index (κ1) is 24.2. The molecule has 0 fully saturated rings. The van der Waals surface area contributed by atoms with Crippen LogP contribution in [0, 0.1) is 11.9 Å². The van der Waals surface area contributed by atoms with E-state index in [9.17, 15) is 22.4 Å². The second kappa shape index (κ2) is 8.84. The highest BCUT2D eigenvalue weighted by Gasteiger charge is 2.31. The fraction of sp³-hybridized carbons (Fsp3) is 0.0741. The highest BCUT2D eigenvalue weighted by atomic mass is 35.5. The van der Waals surface area contributed by atoms with Gasteiger partial charge in [0.25, 0.3) is 0 Å². The fourth-order valence-corrected chi connectivity index (χ4v) is 5.01. The Morgan fingerprint density at radius 2 is 1.67 bits per heavy atom. The molecule has 0 aliphatic heterocycles. The molecule has 0 unspecified atom stereocenters. The standard InChI is InChI=1S/C27H15Cl2F4N2O/c28-19-4-2-5-20(29)24(19)14-7-9-17-23(12-14)35(22-6-1-3-18(25(17)22)26(34)36)13-15-11-16(27(31,32)33)8-10-21(15)30/h1-8,10-12H,13H2,(H2,34,36). The van der Waals surface area contributed by atoms with Gasteiger partial charge in [0, 0.05) is 37.5 Å². The first-order chi connectivity index (χ1) is 17.1. The summed E-state index contributed by atoms with van der Waals surface area (Å²) in [6.07, 6.45) is -4.63. The molecule has 4 aromatic carbocycles. The Hall–Kier alpha value is -3.55. The van der Waals surface area contributed by atoms with Crippen molar-refractivity contribution in [1.82, 2.24) is 4.57 Å². The zero-order valence-electron chi connectivity index (χ0n) is 18.3. The molecule has 3 nitrogen and oxygen atoms in total. The number of hydrogen-bond acceptors (Lipinski definition) is 1. The van der Waals surface area contributed by atoms with E-state index in [1.165, 1.54) is 0 Å². The molecule has 0 aliphatic carbocycles. The highest BCUT2D eigenvalue weighted by molar-refractivity contribution is 6.39. The maximum atomic E-state index is 14.7. The number of carbonyl (C=O) groups is 1. The van der Waals surface area contributed by atoms with Gasteiger partial charge in [0.2, 0.25) is 5.91 Å². The molecular formula is C27H15Cl2F4N2O. The van der Waals surface area contributed by atoms with Gasteiger partial charge in [-0.15, -0.1) is 0 Å². The maximum absolute atomic E-state index is 14.7.